The number of carbonyl (C=O) groups excluding carboxylic acids is 1. The average Bonchev–Trinajstić information content (AvgIpc) is 3.14. The first kappa shape index (κ1) is 17.5. The van der Waals surface area contributed by atoms with Crippen molar-refractivity contribution in [3.05, 3.63) is 62.5 Å². The van der Waals surface area contributed by atoms with Crippen LogP contribution in [-0.4, -0.2) is 30.4 Å². The van der Waals surface area contributed by atoms with Crippen molar-refractivity contribution in [2.75, 3.05) is 13.7 Å². The smallest absolute Gasteiger partial charge is 0.338 e. The fourth-order valence-electron chi connectivity index (χ4n) is 2.50. The fourth-order valence-corrected chi connectivity index (χ4v) is 3.36. The first-order chi connectivity index (χ1) is 12.0. The number of amidine groups is 1. The SMILES string of the molecule is COC(=O)C1=C(CN)NC(c2nccs2)=N[C@H]1c1ccc(F)cc1Cl. The number of hydrogen-bond donors (Lipinski definition) is 2. The van der Waals surface area contributed by atoms with Crippen LogP contribution >= 0.6 is 22.9 Å². The number of rotatable bonds is 4. The number of esters is 1. The molecule has 1 aliphatic heterocycles. The Labute approximate surface area is 152 Å². The standard InChI is InChI=1S/C16H14ClFN4O2S/c1-24-16(23)12-11(7-19)21-14(15-20-4-5-25-15)22-13(12)9-3-2-8(18)6-10(9)17/h2-6,13H,7,19H2,1H3,(H,21,22)/t13-/m0/s1. The molecule has 1 aliphatic rings. The van der Waals surface area contributed by atoms with Crippen LogP contribution < -0.4 is 11.1 Å². The lowest BCUT2D eigenvalue weighted by atomic mass is 9.95. The highest BCUT2D eigenvalue weighted by Crippen LogP contribution is 2.36. The summed E-state index contributed by atoms with van der Waals surface area (Å²) in [7, 11) is 1.27. The Morgan fingerprint density at radius 3 is 2.92 bits per heavy atom. The Balaban J connectivity index is 2.17. The van der Waals surface area contributed by atoms with Gasteiger partial charge in [0.05, 0.1) is 12.7 Å². The summed E-state index contributed by atoms with van der Waals surface area (Å²) in [5, 5.41) is 5.64. The van der Waals surface area contributed by atoms with E-state index in [0.717, 1.165) is 0 Å². The van der Waals surface area contributed by atoms with Crippen LogP contribution in [0.1, 0.15) is 16.6 Å². The molecule has 2 heterocycles. The molecule has 0 spiro atoms. The van der Waals surface area contributed by atoms with Crippen molar-refractivity contribution in [3.63, 3.8) is 0 Å². The van der Waals surface area contributed by atoms with Crippen LogP contribution in [0.25, 0.3) is 0 Å². The molecule has 0 radical (unpaired) electrons. The molecular weight excluding hydrogens is 367 g/mol. The number of carbonyl (C=O) groups is 1. The third-order valence-corrected chi connectivity index (χ3v) is 4.73. The molecule has 0 saturated carbocycles. The highest BCUT2D eigenvalue weighted by atomic mass is 35.5. The molecule has 9 heteroatoms. The lowest BCUT2D eigenvalue weighted by Crippen LogP contribution is -2.36. The van der Waals surface area contributed by atoms with E-state index in [1.165, 1.54) is 36.6 Å². The van der Waals surface area contributed by atoms with E-state index in [1.54, 1.807) is 11.6 Å². The average molecular weight is 381 g/mol. The van der Waals surface area contributed by atoms with Crippen LogP contribution in [0.2, 0.25) is 5.02 Å². The Kier molecular flexibility index (Phi) is 5.12. The second-order valence-electron chi connectivity index (χ2n) is 5.10. The predicted molar refractivity (Wildman–Crippen MR) is 94.0 cm³/mol. The Bertz CT molecular complexity index is 867. The van der Waals surface area contributed by atoms with Gasteiger partial charge in [-0.25, -0.2) is 14.2 Å². The van der Waals surface area contributed by atoms with Crippen molar-refractivity contribution in [3.8, 4) is 0 Å². The zero-order valence-corrected chi connectivity index (χ0v) is 14.7. The number of methoxy groups -OCH3 is 1. The molecule has 3 N–H and O–H groups in total. The second-order valence-corrected chi connectivity index (χ2v) is 6.40. The van der Waals surface area contributed by atoms with Crippen molar-refractivity contribution in [1.82, 2.24) is 10.3 Å². The maximum Gasteiger partial charge on any atom is 0.338 e. The van der Waals surface area contributed by atoms with E-state index < -0.39 is 17.8 Å². The van der Waals surface area contributed by atoms with Gasteiger partial charge in [0.15, 0.2) is 10.8 Å². The van der Waals surface area contributed by atoms with Crippen molar-refractivity contribution in [2.24, 2.45) is 10.7 Å². The van der Waals surface area contributed by atoms with Gasteiger partial charge in [-0.1, -0.05) is 17.7 Å². The summed E-state index contributed by atoms with van der Waals surface area (Å²) in [4.78, 5) is 21.1. The highest BCUT2D eigenvalue weighted by molar-refractivity contribution is 7.11. The van der Waals surface area contributed by atoms with Crippen LogP contribution in [0.4, 0.5) is 4.39 Å². The summed E-state index contributed by atoms with van der Waals surface area (Å²) >= 11 is 7.58. The number of aromatic nitrogens is 1. The number of nitrogens with one attached hydrogen (secondary N) is 1. The minimum absolute atomic E-state index is 0.0597. The molecule has 0 bridgehead atoms. The maximum atomic E-state index is 13.4. The van der Waals surface area contributed by atoms with E-state index in [4.69, 9.17) is 22.1 Å². The summed E-state index contributed by atoms with van der Waals surface area (Å²) in [5.41, 5.74) is 6.98. The largest absolute Gasteiger partial charge is 0.466 e. The van der Waals surface area contributed by atoms with Crippen LogP contribution in [0.15, 0.2) is 46.0 Å². The molecule has 6 nitrogen and oxygen atoms in total. The Morgan fingerprint density at radius 1 is 1.52 bits per heavy atom. The minimum atomic E-state index is -0.778. The molecule has 3 rings (SSSR count). The number of aliphatic imine (C=N–C) groups is 1. The molecule has 0 saturated heterocycles. The number of nitrogens with zero attached hydrogens (tertiary/aromatic N) is 2. The summed E-state index contributed by atoms with van der Waals surface area (Å²) in [6.45, 7) is 0.0597. The van der Waals surface area contributed by atoms with Gasteiger partial charge in [-0.15, -0.1) is 11.3 Å². The van der Waals surface area contributed by atoms with Crippen LogP contribution in [0.5, 0.6) is 0 Å². The zero-order chi connectivity index (χ0) is 18.0. The second kappa shape index (κ2) is 7.30. The summed E-state index contributed by atoms with van der Waals surface area (Å²) in [5.74, 6) is -0.594. The van der Waals surface area contributed by atoms with Gasteiger partial charge in [0.1, 0.15) is 11.9 Å². The van der Waals surface area contributed by atoms with Crippen LogP contribution in [0, 0.1) is 5.82 Å². The first-order valence-electron chi connectivity index (χ1n) is 7.26. The fraction of sp³-hybridized carbons (Fsp3) is 0.188. The van der Waals surface area contributed by atoms with Gasteiger partial charge in [-0.3, -0.25) is 4.99 Å². The monoisotopic (exact) mass is 380 g/mol. The number of thiazole rings is 1. The molecule has 130 valence electrons. The van der Waals surface area contributed by atoms with E-state index in [1.807, 2.05) is 0 Å². The number of hydrogen-bond acceptors (Lipinski definition) is 7. The zero-order valence-electron chi connectivity index (χ0n) is 13.1. The lowest BCUT2D eigenvalue weighted by Gasteiger charge is -2.26. The van der Waals surface area contributed by atoms with Crippen LogP contribution in [-0.2, 0) is 9.53 Å². The normalized spacial score (nSPS) is 17.1. The van der Waals surface area contributed by atoms with E-state index >= 15 is 0 Å². The molecule has 0 amide bonds. The number of nitrogens with two attached hydrogens (primary N) is 1. The summed E-state index contributed by atoms with van der Waals surface area (Å²) in [6, 6.07) is 3.15. The topological polar surface area (TPSA) is 89.6 Å². The molecule has 2 aromatic rings. The molecule has 25 heavy (non-hydrogen) atoms. The molecule has 1 aromatic heterocycles. The molecular formula is C16H14ClFN4O2S. The maximum absolute atomic E-state index is 13.4. The van der Waals surface area contributed by atoms with Gasteiger partial charge in [-0.05, 0) is 12.1 Å². The van der Waals surface area contributed by atoms with Gasteiger partial charge in [0.25, 0.3) is 0 Å². The minimum Gasteiger partial charge on any atom is -0.466 e. The predicted octanol–water partition coefficient (Wildman–Crippen LogP) is 2.41. The third-order valence-electron chi connectivity index (χ3n) is 3.63. The van der Waals surface area contributed by atoms with E-state index in [-0.39, 0.29) is 17.1 Å². The van der Waals surface area contributed by atoms with Gasteiger partial charge in [0, 0.05) is 34.4 Å². The Morgan fingerprint density at radius 2 is 2.32 bits per heavy atom. The van der Waals surface area contributed by atoms with Crippen molar-refractivity contribution < 1.29 is 13.9 Å². The van der Waals surface area contributed by atoms with Crippen molar-refractivity contribution in [1.29, 1.82) is 0 Å². The van der Waals surface area contributed by atoms with E-state index in [9.17, 15) is 9.18 Å². The lowest BCUT2D eigenvalue weighted by molar-refractivity contribution is -0.136. The van der Waals surface area contributed by atoms with Gasteiger partial charge in [0.2, 0.25) is 0 Å². The van der Waals surface area contributed by atoms with E-state index in [0.29, 0.717) is 22.1 Å². The third kappa shape index (κ3) is 3.41. The first-order valence-corrected chi connectivity index (χ1v) is 8.52. The van der Waals surface area contributed by atoms with Gasteiger partial charge < -0.3 is 15.8 Å². The van der Waals surface area contributed by atoms with Crippen LogP contribution in [0.3, 0.4) is 0 Å². The molecule has 1 atom stereocenters. The molecule has 0 fully saturated rings. The number of benzene rings is 1. The van der Waals surface area contributed by atoms with Gasteiger partial charge in [-0.2, -0.15) is 0 Å². The molecule has 0 aliphatic carbocycles. The van der Waals surface area contributed by atoms with E-state index in [2.05, 4.69) is 15.3 Å². The summed E-state index contributed by atoms with van der Waals surface area (Å²) in [6.07, 6.45) is 1.64. The number of halogens is 2. The summed E-state index contributed by atoms with van der Waals surface area (Å²) < 4.78 is 18.3. The number of ether oxygens (including phenoxy) is 1. The van der Waals surface area contributed by atoms with Gasteiger partial charge >= 0.3 is 5.97 Å². The van der Waals surface area contributed by atoms with Crippen molar-refractivity contribution >= 4 is 34.7 Å². The molecule has 1 aromatic carbocycles. The quantitative estimate of drug-likeness (QED) is 0.795. The molecule has 0 unspecified atom stereocenters. The highest BCUT2D eigenvalue weighted by Gasteiger charge is 2.33. The van der Waals surface area contributed by atoms with Crippen molar-refractivity contribution in [2.45, 2.75) is 6.04 Å². The Hall–Kier alpha value is -2.29.